The van der Waals surface area contributed by atoms with Gasteiger partial charge in [0.25, 0.3) is 0 Å². The van der Waals surface area contributed by atoms with Gasteiger partial charge in [-0.05, 0) is 31.2 Å². The van der Waals surface area contributed by atoms with Crippen LogP contribution in [0, 0.1) is 5.92 Å². The van der Waals surface area contributed by atoms with Crippen molar-refractivity contribution in [2.24, 2.45) is 5.92 Å². The van der Waals surface area contributed by atoms with E-state index in [1.807, 2.05) is 30.3 Å². The minimum absolute atomic E-state index is 0.131. The number of carbonyl (C=O) groups excluding carboxylic acids is 1. The van der Waals surface area contributed by atoms with E-state index >= 15 is 0 Å². The molecule has 0 aromatic heterocycles. The molecule has 1 saturated carbocycles. The Labute approximate surface area is 129 Å². The molecule has 0 radical (unpaired) electrons. The molecule has 0 spiro atoms. The molecule has 0 amide bonds. The summed E-state index contributed by atoms with van der Waals surface area (Å²) in [7, 11) is -4.57. The average Bonchev–Trinajstić information content (AvgIpc) is 2.51. The highest BCUT2D eigenvalue weighted by molar-refractivity contribution is 7.46. The molecule has 1 aromatic carbocycles. The first-order valence-electron chi connectivity index (χ1n) is 7.32. The van der Waals surface area contributed by atoms with E-state index in [-0.39, 0.29) is 17.8 Å². The standard InChI is InChI=1S/C15H21O6P/c16-15(11-21-22(17,18)19)13-6-8-14(9-7-13)20-10-12-4-2-1-3-5-12/h1-5,13-14H,6-11H2,(H2,17,18,19)/t13-,14-. The molecule has 6 nitrogen and oxygen atoms in total. The Morgan fingerprint density at radius 3 is 2.36 bits per heavy atom. The van der Waals surface area contributed by atoms with E-state index in [9.17, 15) is 9.36 Å². The van der Waals surface area contributed by atoms with Gasteiger partial charge < -0.3 is 14.5 Å². The fraction of sp³-hybridized carbons (Fsp3) is 0.533. The van der Waals surface area contributed by atoms with Crippen LogP contribution in [-0.4, -0.2) is 28.3 Å². The molecule has 22 heavy (non-hydrogen) atoms. The lowest BCUT2D eigenvalue weighted by atomic mass is 9.85. The fourth-order valence-corrected chi connectivity index (χ4v) is 2.90. The number of phosphoric acid groups is 1. The number of ether oxygens (including phenoxy) is 1. The highest BCUT2D eigenvalue weighted by Crippen LogP contribution is 2.36. The number of ketones is 1. The van der Waals surface area contributed by atoms with Crippen LogP contribution in [0.15, 0.2) is 30.3 Å². The number of Topliss-reactive ketones (excluding diaryl/α,β-unsaturated/α-hetero) is 1. The van der Waals surface area contributed by atoms with Crippen LogP contribution >= 0.6 is 7.82 Å². The van der Waals surface area contributed by atoms with Gasteiger partial charge in [-0.1, -0.05) is 30.3 Å². The Morgan fingerprint density at radius 2 is 1.77 bits per heavy atom. The van der Waals surface area contributed by atoms with Crippen LogP contribution in [0.1, 0.15) is 31.2 Å². The van der Waals surface area contributed by atoms with Gasteiger partial charge in [-0.2, -0.15) is 0 Å². The second-order valence-electron chi connectivity index (χ2n) is 5.50. The van der Waals surface area contributed by atoms with Crippen molar-refractivity contribution in [3.05, 3.63) is 35.9 Å². The summed E-state index contributed by atoms with van der Waals surface area (Å²) in [4.78, 5) is 29.0. The molecular weight excluding hydrogens is 307 g/mol. The first kappa shape index (κ1) is 17.3. The quantitative estimate of drug-likeness (QED) is 0.747. The van der Waals surface area contributed by atoms with E-state index < -0.39 is 14.4 Å². The molecule has 1 aliphatic carbocycles. The lowest BCUT2D eigenvalue weighted by molar-refractivity contribution is -0.127. The third-order valence-corrected chi connectivity index (χ3v) is 4.30. The van der Waals surface area contributed by atoms with Crippen LogP contribution in [0.3, 0.4) is 0 Å². The van der Waals surface area contributed by atoms with Crippen molar-refractivity contribution in [1.82, 2.24) is 0 Å². The normalized spacial score (nSPS) is 22.5. The van der Waals surface area contributed by atoms with E-state index in [0.717, 1.165) is 18.4 Å². The van der Waals surface area contributed by atoms with Gasteiger partial charge in [0.2, 0.25) is 0 Å². The second-order valence-corrected chi connectivity index (χ2v) is 6.74. The Hall–Kier alpha value is -1.04. The number of hydrogen-bond acceptors (Lipinski definition) is 4. The van der Waals surface area contributed by atoms with Crippen molar-refractivity contribution in [3.63, 3.8) is 0 Å². The summed E-state index contributed by atoms with van der Waals surface area (Å²) in [6, 6.07) is 9.91. The van der Waals surface area contributed by atoms with Crippen LogP contribution in [-0.2, 0) is 25.2 Å². The highest BCUT2D eigenvalue weighted by Gasteiger charge is 2.28. The van der Waals surface area contributed by atoms with E-state index in [1.165, 1.54) is 0 Å². The van der Waals surface area contributed by atoms with Crippen LogP contribution in [0.5, 0.6) is 0 Å². The Balaban J connectivity index is 1.69. The second kappa shape index (κ2) is 7.99. The summed E-state index contributed by atoms with van der Waals surface area (Å²) in [6.45, 7) is 0.0376. The van der Waals surface area contributed by atoms with Gasteiger partial charge in [0.05, 0.1) is 12.7 Å². The van der Waals surface area contributed by atoms with Crippen molar-refractivity contribution in [3.8, 4) is 0 Å². The van der Waals surface area contributed by atoms with Gasteiger partial charge in [0, 0.05) is 5.92 Å². The summed E-state index contributed by atoms with van der Waals surface area (Å²) in [5, 5.41) is 0. The molecule has 0 bridgehead atoms. The average molecular weight is 328 g/mol. The molecule has 0 atom stereocenters. The number of phosphoric ester groups is 1. The molecule has 0 saturated heterocycles. The first-order valence-corrected chi connectivity index (χ1v) is 8.85. The maximum absolute atomic E-state index is 11.8. The van der Waals surface area contributed by atoms with Crippen molar-refractivity contribution in [2.45, 2.75) is 38.4 Å². The van der Waals surface area contributed by atoms with Crippen LogP contribution in [0.25, 0.3) is 0 Å². The third kappa shape index (κ3) is 5.99. The van der Waals surface area contributed by atoms with E-state index in [2.05, 4.69) is 4.52 Å². The van der Waals surface area contributed by atoms with Gasteiger partial charge in [-0.25, -0.2) is 4.57 Å². The van der Waals surface area contributed by atoms with E-state index in [0.29, 0.717) is 19.4 Å². The number of hydrogen-bond donors (Lipinski definition) is 2. The van der Waals surface area contributed by atoms with Crippen molar-refractivity contribution in [2.75, 3.05) is 6.61 Å². The van der Waals surface area contributed by atoms with E-state index in [4.69, 9.17) is 14.5 Å². The highest BCUT2D eigenvalue weighted by atomic mass is 31.2. The van der Waals surface area contributed by atoms with Gasteiger partial charge in [0.1, 0.15) is 6.61 Å². The summed E-state index contributed by atoms with van der Waals surface area (Å²) >= 11 is 0. The largest absolute Gasteiger partial charge is 0.470 e. The number of benzene rings is 1. The maximum Gasteiger partial charge on any atom is 0.470 e. The molecule has 1 aromatic rings. The molecule has 2 N–H and O–H groups in total. The van der Waals surface area contributed by atoms with Crippen molar-refractivity contribution < 1.29 is 28.4 Å². The molecule has 0 aliphatic heterocycles. The summed E-state index contributed by atoms with van der Waals surface area (Å²) in [6.07, 6.45) is 3.02. The van der Waals surface area contributed by atoms with Gasteiger partial charge in [-0.15, -0.1) is 0 Å². The van der Waals surface area contributed by atoms with Crippen LogP contribution in [0.4, 0.5) is 0 Å². The molecule has 2 rings (SSSR count). The zero-order valence-electron chi connectivity index (χ0n) is 12.3. The smallest absolute Gasteiger partial charge is 0.374 e. The Kier molecular flexibility index (Phi) is 6.29. The molecule has 122 valence electrons. The summed E-state index contributed by atoms with van der Waals surface area (Å²) in [5.41, 5.74) is 1.12. The van der Waals surface area contributed by atoms with Gasteiger partial charge in [-0.3, -0.25) is 9.32 Å². The van der Waals surface area contributed by atoms with Crippen molar-refractivity contribution >= 4 is 13.6 Å². The molecule has 0 heterocycles. The first-order chi connectivity index (χ1) is 10.4. The number of carbonyl (C=O) groups is 1. The molecule has 0 unspecified atom stereocenters. The monoisotopic (exact) mass is 328 g/mol. The predicted octanol–water partition coefficient (Wildman–Crippen LogP) is 2.44. The summed E-state index contributed by atoms with van der Waals surface area (Å²) in [5.74, 6) is -0.437. The number of rotatable bonds is 7. The lowest BCUT2D eigenvalue weighted by Gasteiger charge is -2.27. The van der Waals surface area contributed by atoms with Gasteiger partial charge >= 0.3 is 7.82 Å². The van der Waals surface area contributed by atoms with Crippen LogP contribution in [0.2, 0.25) is 0 Å². The fourth-order valence-electron chi connectivity index (χ4n) is 2.61. The molecular formula is C15H21O6P. The minimum Gasteiger partial charge on any atom is -0.374 e. The predicted molar refractivity (Wildman–Crippen MR) is 80.0 cm³/mol. The molecule has 1 aliphatic rings. The lowest BCUT2D eigenvalue weighted by Crippen LogP contribution is -2.28. The molecule has 1 fully saturated rings. The zero-order valence-corrected chi connectivity index (χ0v) is 13.2. The van der Waals surface area contributed by atoms with E-state index in [1.54, 1.807) is 0 Å². The third-order valence-electron chi connectivity index (χ3n) is 3.83. The topological polar surface area (TPSA) is 93.1 Å². The van der Waals surface area contributed by atoms with Crippen LogP contribution < -0.4 is 0 Å². The maximum atomic E-state index is 11.8. The SMILES string of the molecule is O=C(COP(=O)(O)O)[C@H]1CC[C@H](OCc2ccccc2)CC1. The Bertz CT molecular complexity index is 518. The summed E-state index contributed by atoms with van der Waals surface area (Å²) < 4.78 is 20.7. The minimum atomic E-state index is -4.57. The molecule has 7 heteroatoms. The zero-order chi connectivity index (χ0) is 16.0. The van der Waals surface area contributed by atoms with Gasteiger partial charge in [0.15, 0.2) is 5.78 Å². The van der Waals surface area contributed by atoms with Crippen molar-refractivity contribution in [1.29, 1.82) is 0 Å². The Morgan fingerprint density at radius 1 is 1.14 bits per heavy atom.